The van der Waals surface area contributed by atoms with Crippen molar-refractivity contribution in [3.05, 3.63) is 53.9 Å². The SMILES string of the molecule is CCOc1ccc(Cc2ccncc2O[C@@H]2O[C@H](COC(C)=O)[C@@H](OC(C)=O)[C@H](OC(C)=O)[C@H]2OC(C)=O)cc1. The molecule has 0 amide bonds. The van der Waals surface area contributed by atoms with Crippen LogP contribution in [0.5, 0.6) is 11.5 Å². The smallest absolute Gasteiger partial charge is 0.303 e. The van der Waals surface area contributed by atoms with Gasteiger partial charge in [0.15, 0.2) is 12.2 Å². The number of hydrogen-bond donors (Lipinski definition) is 0. The first-order valence-corrected chi connectivity index (χ1v) is 12.7. The predicted octanol–water partition coefficient (Wildman–Crippen LogP) is 2.53. The van der Waals surface area contributed by atoms with Crippen LogP contribution in [0.3, 0.4) is 0 Å². The molecule has 1 aromatic carbocycles. The minimum Gasteiger partial charge on any atom is -0.494 e. The Balaban J connectivity index is 1.96. The summed E-state index contributed by atoms with van der Waals surface area (Å²) in [7, 11) is 0. The molecule has 0 saturated carbocycles. The van der Waals surface area contributed by atoms with Crippen LogP contribution < -0.4 is 9.47 Å². The zero-order valence-electron chi connectivity index (χ0n) is 23.0. The first kappa shape index (κ1) is 30.4. The van der Waals surface area contributed by atoms with E-state index in [0.29, 0.717) is 18.8 Å². The van der Waals surface area contributed by atoms with Crippen molar-refractivity contribution in [2.45, 2.75) is 71.7 Å². The van der Waals surface area contributed by atoms with Gasteiger partial charge in [0.25, 0.3) is 0 Å². The van der Waals surface area contributed by atoms with Crippen molar-refractivity contribution in [2.24, 2.45) is 0 Å². The molecule has 0 aliphatic carbocycles. The van der Waals surface area contributed by atoms with Crippen LogP contribution in [0.15, 0.2) is 42.7 Å². The van der Waals surface area contributed by atoms with Gasteiger partial charge in [0.1, 0.15) is 24.2 Å². The van der Waals surface area contributed by atoms with E-state index in [0.717, 1.165) is 37.6 Å². The van der Waals surface area contributed by atoms with Crippen LogP contribution in [0, 0.1) is 0 Å². The lowest BCUT2D eigenvalue weighted by Gasteiger charge is -2.44. The second-order valence-electron chi connectivity index (χ2n) is 8.92. The number of aromatic nitrogens is 1. The number of nitrogens with zero attached hydrogens (tertiary/aromatic N) is 1. The summed E-state index contributed by atoms with van der Waals surface area (Å²) in [5.41, 5.74) is 1.69. The van der Waals surface area contributed by atoms with Gasteiger partial charge in [-0.15, -0.1) is 0 Å². The molecule has 1 aromatic heterocycles. The zero-order valence-corrected chi connectivity index (χ0v) is 23.0. The van der Waals surface area contributed by atoms with Crippen LogP contribution in [-0.2, 0) is 49.3 Å². The van der Waals surface area contributed by atoms with E-state index in [2.05, 4.69) is 4.98 Å². The second kappa shape index (κ2) is 14.3. The summed E-state index contributed by atoms with van der Waals surface area (Å²) in [6.45, 7) is 6.77. The average Bonchev–Trinajstić information content (AvgIpc) is 2.88. The number of ether oxygens (including phenoxy) is 7. The largest absolute Gasteiger partial charge is 0.494 e. The molecule has 5 atom stereocenters. The summed E-state index contributed by atoms with van der Waals surface area (Å²) < 4.78 is 39.1. The Morgan fingerprint density at radius 1 is 0.825 bits per heavy atom. The summed E-state index contributed by atoms with van der Waals surface area (Å²) in [5.74, 6) is -1.74. The molecule has 0 N–H and O–H groups in total. The number of carbonyl (C=O) groups is 4. The molecule has 1 aliphatic heterocycles. The monoisotopic (exact) mass is 559 g/mol. The number of carbonyl (C=O) groups excluding carboxylic acids is 4. The Labute approximate surface area is 231 Å². The van der Waals surface area contributed by atoms with E-state index >= 15 is 0 Å². The maximum atomic E-state index is 12.1. The van der Waals surface area contributed by atoms with Crippen LogP contribution >= 0.6 is 0 Å². The highest BCUT2D eigenvalue weighted by Crippen LogP contribution is 2.32. The maximum absolute atomic E-state index is 12.1. The van der Waals surface area contributed by atoms with Crippen LogP contribution in [-0.4, -0.2) is 72.8 Å². The molecule has 0 spiro atoms. The summed E-state index contributed by atoms with van der Waals surface area (Å²) in [5, 5.41) is 0. The minimum atomic E-state index is -1.36. The zero-order chi connectivity index (χ0) is 29.2. The predicted molar refractivity (Wildman–Crippen MR) is 137 cm³/mol. The highest BCUT2D eigenvalue weighted by molar-refractivity contribution is 5.68. The Bertz CT molecular complexity index is 1180. The number of hydrogen-bond acceptors (Lipinski definition) is 12. The molecular weight excluding hydrogens is 526 g/mol. The fourth-order valence-electron chi connectivity index (χ4n) is 4.16. The third-order valence-corrected chi connectivity index (χ3v) is 5.69. The molecule has 12 heteroatoms. The molecule has 1 saturated heterocycles. The molecule has 0 bridgehead atoms. The second-order valence-corrected chi connectivity index (χ2v) is 8.92. The molecule has 2 heterocycles. The van der Waals surface area contributed by atoms with Gasteiger partial charge < -0.3 is 33.2 Å². The van der Waals surface area contributed by atoms with Crippen molar-refractivity contribution in [1.29, 1.82) is 0 Å². The van der Waals surface area contributed by atoms with Crippen molar-refractivity contribution in [3.63, 3.8) is 0 Å². The molecule has 12 nitrogen and oxygen atoms in total. The first-order chi connectivity index (χ1) is 19.1. The van der Waals surface area contributed by atoms with Crippen LogP contribution in [0.4, 0.5) is 0 Å². The molecule has 0 radical (unpaired) electrons. The normalized spacial score (nSPS) is 22.0. The Morgan fingerprint density at radius 2 is 1.45 bits per heavy atom. The van der Waals surface area contributed by atoms with Gasteiger partial charge in [0.05, 0.1) is 12.8 Å². The molecule has 216 valence electrons. The third-order valence-electron chi connectivity index (χ3n) is 5.69. The van der Waals surface area contributed by atoms with Gasteiger partial charge in [-0.2, -0.15) is 0 Å². The highest BCUT2D eigenvalue weighted by atomic mass is 16.7. The quantitative estimate of drug-likeness (QED) is 0.294. The van der Waals surface area contributed by atoms with Gasteiger partial charge in [-0.3, -0.25) is 24.2 Å². The fraction of sp³-hybridized carbons (Fsp3) is 0.464. The maximum Gasteiger partial charge on any atom is 0.303 e. The van der Waals surface area contributed by atoms with Gasteiger partial charge in [-0.1, -0.05) is 12.1 Å². The van der Waals surface area contributed by atoms with Gasteiger partial charge in [-0.25, -0.2) is 0 Å². The Hall–Kier alpha value is -4.19. The number of pyridine rings is 1. The standard InChI is InChI=1S/C28H33NO11/c1-6-34-22-9-7-20(8-10-22)13-21-11-12-29-14-23(21)39-28-27(38-19(5)33)26(37-18(4)32)25(36-17(3)31)24(40-28)15-35-16(2)30/h7-12,14,24-28H,6,13,15H2,1-5H3/t24-,25-,26+,27-,28-/m1/s1. The van der Waals surface area contributed by atoms with E-state index in [-0.39, 0.29) is 6.61 Å². The lowest BCUT2D eigenvalue weighted by Crippen LogP contribution is -2.63. The Morgan fingerprint density at radius 3 is 2.05 bits per heavy atom. The van der Waals surface area contributed by atoms with E-state index < -0.39 is 54.6 Å². The van der Waals surface area contributed by atoms with Crippen molar-refractivity contribution < 1.29 is 52.3 Å². The molecule has 0 unspecified atom stereocenters. The average molecular weight is 560 g/mol. The van der Waals surface area contributed by atoms with Crippen LogP contribution in [0.1, 0.15) is 45.7 Å². The van der Waals surface area contributed by atoms with Gasteiger partial charge in [0, 0.05) is 45.9 Å². The molecule has 40 heavy (non-hydrogen) atoms. The molecule has 1 aliphatic rings. The summed E-state index contributed by atoms with van der Waals surface area (Å²) in [6.07, 6.45) is -2.92. The van der Waals surface area contributed by atoms with Crippen LogP contribution in [0.25, 0.3) is 0 Å². The summed E-state index contributed by atoms with van der Waals surface area (Å²) in [6, 6.07) is 9.32. The van der Waals surface area contributed by atoms with E-state index in [4.69, 9.17) is 33.2 Å². The molecular formula is C28H33NO11. The first-order valence-electron chi connectivity index (χ1n) is 12.7. The minimum absolute atomic E-state index is 0.303. The van der Waals surface area contributed by atoms with Crippen molar-refractivity contribution in [2.75, 3.05) is 13.2 Å². The topological polar surface area (TPSA) is 146 Å². The number of rotatable bonds is 11. The lowest BCUT2D eigenvalue weighted by molar-refractivity contribution is -0.288. The lowest BCUT2D eigenvalue weighted by atomic mass is 9.98. The molecule has 3 rings (SSSR count). The van der Waals surface area contributed by atoms with E-state index in [1.165, 1.54) is 13.1 Å². The third kappa shape index (κ3) is 8.67. The van der Waals surface area contributed by atoms with E-state index in [1.54, 1.807) is 12.3 Å². The number of benzene rings is 1. The highest BCUT2D eigenvalue weighted by Gasteiger charge is 2.53. The molecule has 2 aromatic rings. The van der Waals surface area contributed by atoms with Gasteiger partial charge in [0.2, 0.25) is 12.4 Å². The van der Waals surface area contributed by atoms with E-state index in [9.17, 15) is 19.2 Å². The van der Waals surface area contributed by atoms with Gasteiger partial charge >= 0.3 is 23.9 Å². The van der Waals surface area contributed by atoms with Crippen molar-refractivity contribution in [3.8, 4) is 11.5 Å². The van der Waals surface area contributed by atoms with Gasteiger partial charge in [-0.05, 0) is 30.7 Å². The van der Waals surface area contributed by atoms with Crippen molar-refractivity contribution >= 4 is 23.9 Å². The number of esters is 4. The summed E-state index contributed by atoms with van der Waals surface area (Å²) in [4.78, 5) is 51.7. The van der Waals surface area contributed by atoms with Crippen molar-refractivity contribution in [1.82, 2.24) is 4.98 Å². The summed E-state index contributed by atoms with van der Waals surface area (Å²) >= 11 is 0. The molecule has 1 fully saturated rings. The fourth-order valence-corrected chi connectivity index (χ4v) is 4.16. The van der Waals surface area contributed by atoms with E-state index in [1.807, 2.05) is 31.2 Å². The Kier molecular flexibility index (Phi) is 10.8. The van der Waals surface area contributed by atoms with Crippen LogP contribution in [0.2, 0.25) is 0 Å².